The Hall–Kier alpha value is -0.733. The third-order valence-electron chi connectivity index (χ3n) is 3.48. The third-order valence-corrected chi connectivity index (χ3v) is 8.63. The van der Waals surface area contributed by atoms with E-state index >= 15 is 0 Å². The molecule has 1 aromatic rings. The van der Waals surface area contributed by atoms with Crippen LogP contribution in [-0.2, 0) is 10.5 Å². The molecule has 1 unspecified atom stereocenters. The van der Waals surface area contributed by atoms with Crippen molar-refractivity contribution < 1.29 is 4.43 Å². The Balaban J connectivity index is 2.98. The molecule has 0 N–H and O–H groups in total. The fraction of sp³-hybridized carbons (Fsp3) is 0.467. The summed E-state index contributed by atoms with van der Waals surface area (Å²) in [5.41, 5.74) is 1.26. The molecule has 0 aliphatic carbocycles. The minimum absolute atomic E-state index is 0.175. The van der Waals surface area contributed by atoms with Crippen LogP contribution in [0, 0.1) is 0 Å². The van der Waals surface area contributed by atoms with E-state index in [0.29, 0.717) is 0 Å². The first-order chi connectivity index (χ1) is 8.28. The lowest BCUT2D eigenvalue weighted by atomic mass is 10.2. The fourth-order valence-electron chi connectivity index (χ4n) is 1.74. The van der Waals surface area contributed by atoms with Crippen molar-refractivity contribution in [1.29, 1.82) is 0 Å². The minimum atomic E-state index is -1.88. The molecule has 0 bridgehead atoms. The van der Waals surface area contributed by atoms with Gasteiger partial charge in [0.05, 0.1) is 6.26 Å². The molecule has 0 saturated carbocycles. The summed E-state index contributed by atoms with van der Waals surface area (Å²) in [7, 11) is -1.88. The van der Waals surface area contributed by atoms with Crippen molar-refractivity contribution in [2.75, 3.05) is 0 Å². The number of allylic oxidation sites excluding steroid dienone is 1. The summed E-state index contributed by atoms with van der Waals surface area (Å²) < 4.78 is 6.10. The highest BCUT2D eigenvalue weighted by Crippen LogP contribution is 2.39. The quantitative estimate of drug-likeness (QED) is 0.534. The molecule has 0 saturated heterocycles. The molecule has 0 amide bonds. The SMILES string of the molecule is CC=CO[Si](C)(Cc1cccc(Cl)c1)C(C)(C)C. The predicted octanol–water partition coefficient (Wildman–Crippen LogP) is 5.35. The van der Waals surface area contributed by atoms with Gasteiger partial charge in [0.25, 0.3) is 8.32 Å². The lowest BCUT2D eigenvalue weighted by Crippen LogP contribution is -2.45. The zero-order valence-electron chi connectivity index (χ0n) is 12.0. The number of hydrogen-bond donors (Lipinski definition) is 0. The van der Waals surface area contributed by atoms with Crippen molar-refractivity contribution in [2.45, 2.75) is 45.3 Å². The summed E-state index contributed by atoms with van der Waals surface area (Å²) >= 11 is 6.05. The van der Waals surface area contributed by atoms with E-state index in [9.17, 15) is 0 Å². The Labute approximate surface area is 117 Å². The van der Waals surface area contributed by atoms with Crippen LogP contribution >= 0.6 is 11.6 Å². The van der Waals surface area contributed by atoms with E-state index in [4.69, 9.17) is 16.0 Å². The van der Waals surface area contributed by atoms with Crippen molar-refractivity contribution in [2.24, 2.45) is 0 Å². The van der Waals surface area contributed by atoms with E-state index < -0.39 is 8.32 Å². The molecule has 1 atom stereocenters. The zero-order valence-corrected chi connectivity index (χ0v) is 13.7. The molecule has 0 fully saturated rings. The first-order valence-electron chi connectivity index (χ1n) is 6.32. The molecule has 3 heteroatoms. The van der Waals surface area contributed by atoms with Crippen LogP contribution in [0.15, 0.2) is 36.6 Å². The Kier molecular flexibility index (Phi) is 5.06. The molecule has 0 radical (unpaired) electrons. The lowest BCUT2D eigenvalue weighted by molar-refractivity contribution is 0.419. The van der Waals surface area contributed by atoms with Crippen LogP contribution in [0.4, 0.5) is 0 Å². The summed E-state index contributed by atoms with van der Waals surface area (Å²) in [6.07, 6.45) is 3.79. The molecule has 0 heterocycles. The second kappa shape index (κ2) is 5.94. The highest BCUT2D eigenvalue weighted by Gasteiger charge is 2.43. The van der Waals surface area contributed by atoms with Crippen LogP contribution in [0.5, 0.6) is 0 Å². The highest BCUT2D eigenvalue weighted by molar-refractivity contribution is 6.75. The number of hydrogen-bond acceptors (Lipinski definition) is 1. The molecule has 0 aromatic heterocycles. The molecule has 1 nitrogen and oxygen atoms in total. The summed E-state index contributed by atoms with van der Waals surface area (Å²) in [5.74, 6) is 0. The molecule has 0 aliphatic rings. The van der Waals surface area contributed by atoms with E-state index in [2.05, 4.69) is 33.4 Å². The van der Waals surface area contributed by atoms with Crippen molar-refractivity contribution >= 4 is 19.9 Å². The smallest absolute Gasteiger partial charge is 0.256 e. The van der Waals surface area contributed by atoms with Gasteiger partial charge in [-0.2, -0.15) is 0 Å². The molecule has 100 valence electrons. The lowest BCUT2D eigenvalue weighted by Gasteiger charge is -2.38. The van der Waals surface area contributed by atoms with E-state index in [-0.39, 0.29) is 5.04 Å². The normalized spacial score (nSPS) is 15.7. The average Bonchev–Trinajstić information content (AvgIpc) is 2.25. The summed E-state index contributed by atoms with van der Waals surface area (Å²) in [5, 5.41) is 0.971. The van der Waals surface area contributed by atoms with Crippen LogP contribution in [0.3, 0.4) is 0 Å². The molecule has 0 spiro atoms. The van der Waals surface area contributed by atoms with Gasteiger partial charge >= 0.3 is 0 Å². The van der Waals surface area contributed by atoms with Crippen LogP contribution in [0.2, 0.25) is 16.6 Å². The largest absolute Gasteiger partial charge is 0.549 e. The van der Waals surface area contributed by atoms with Crippen molar-refractivity contribution in [1.82, 2.24) is 0 Å². The van der Waals surface area contributed by atoms with E-state index in [1.165, 1.54) is 5.56 Å². The number of halogens is 1. The van der Waals surface area contributed by atoms with Crippen molar-refractivity contribution in [3.8, 4) is 0 Å². The second-order valence-corrected chi connectivity index (χ2v) is 10.9. The van der Waals surface area contributed by atoms with Crippen LogP contribution in [0.25, 0.3) is 0 Å². The fourth-order valence-corrected chi connectivity index (χ4v) is 4.35. The van der Waals surface area contributed by atoms with Gasteiger partial charge in [0, 0.05) is 11.1 Å². The predicted molar refractivity (Wildman–Crippen MR) is 82.4 cm³/mol. The Morgan fingerprint density at radius 1 is 1.33 bits per heavy atom. The summed E-state index contributed by atoms with van der Waals surface area (Å²) in [6, 6.07) is 9.06. The highest BCUT2D eigenvalue weighted by atomic mass is 35.5. The molecule has 1 rings (SSSR count). The maximum atomic E-state index is 6.10. The molecule has 18 heavy (non-hydrogen) atoms. The van der Waals surface area contributed by atoms with Gasteiger partial charge in [0.2, 0.25) is 0 Å². The van der Waals surface area contributed by atoms with E-state index in [1.807, 2.05) is 37.5 Å². The molecule has 1 aromatic carbocycles. The topological polar surface area (TPSA) is 9.23 Å². The van der Waals surface area contributed by atoms with Crippen LogP contribution in [0.1, 0.15) is 33.3 Å². The Bertz CT molecular complexity index is 423. The van der Waals surface area contributed by atoms with Gasteiger partial charge in [-0.1, -0.05) is 50.6 Å². The average molecular weight is 283 g/mol. The monoisotopic (exact) mass is 282 g/mol. The third kappa shape index (κ3) is 3.89. The van der Waals surface area contributed by atoms with Gasteiger partial charge in [-0.25, -0.2) is 0 Å². The minimum Gasteiger partial charge on any atom is -0.549 e. The van der Waals surface area contributed by atoms with Gasteiger partial charge in [-0.15, -0.1) is 0 Å². The van der Waals surface area contributed by atoms with Gasteiger partial charge in [0.15, 0.2) is 0 Å². The Morgan fingerprint density at radius 3 is 2.50 bits per heavy atom. The summed E-state index contributed by atoms with van der Waals surface area (Å²) in [6.45, 7) is 11.0. The standard InChI is InChI=1S/C15H23ClOSi/c1-6-10-17-18(5,15(2,3)4)12-13-8-7-9-14(16)11-13/h6-11H,12H2,1-5H3. The second-order valence-electron chi connectivity index (χ2n) is 5.87. The number of benzene rings is 1. The van der Waals surface area contributed by atoms with Gasteiger partial charge in [-0.05, 0) is 36.2 Å². The van der Waals surface area contributed by atoms with Gasteiger partial charge < -0.3 is 4.43 Å². The Morgan fingerprint density at radius 2 is 2.00 bits per heavy atom. The number of rotatable bonds is 4. The van der Waals surface area contributed by atoms with Crippen molar-refractivity contribution in [3.63, 3.8) is 0 Å². The molecule has 0 aliphatic heterocycles. The van der Waals surface area contributed by atoms with Gasteiger partial charge in [0.1, 0.15) is 0 Å². The van der Waals surface area contributed by atoms with Crippen LogP contribution in [-0.4, -0.2) is 8.32 Å². The first kappa shape index (κ1) is 15.3. The van der Waals surface area contributed by atoms with E-state index in [1.54, 1.807) is 0 Å². The molecular weight excluding hydrogens is 260 g/mol. The van der Waals surface area contributed by atoms with Crippen LogP contribution < -0.4 is 0 Å². The maximum Gasteiger partial charge on any atom is 0.256 e. The first-order valence-corrected chi connectivity index (χ1v) is 9.31. The van der Waals surface area contributed by atoms with E-state index in [0.717, 1.165) is 11.1 Å². The van der Waals surface area contributed by atoms with Gasteiger partial charge in [-0.3, -0.25) is 0 Å². The molecular formula is C15H23ClOSi. The maximum absolute atomic E-state index is 6.10. The zero-order chi connectivity index (χ0) is 13.8. The van der Waals surface area contributed by atoms with Crippen molar-refractivity contribution in [3.05, 3.63) is 47.2 Å². The summed E-state index contributed by atoms with van der Waals surface area (Å²) in [4.78, 5) is 0.